The average molecular weight is 417 g/mol. The van der Waals surface area contributed by atoms with Crippen LogP contribution >= 0.6 is 11.8 Å². The van der Waals surface area contributed by atoms with Gasteiger partial charge in [0.2, 0.25) is 0 Å². The second-order valence-corrected chi connectivity index (χ2v) is 7.80. The van der Waals surface area contributed by atoms with Crippen LogP contribution in [0.1, 0.15) is 21.5 Å². The number of hydrogen-bond acceptors (Lipinski definition) is 4. The Bertz CT molecular complexity index is 1110. The number of benzene rings is 3. The van der Waals surface area contributed by atoms with E-state index in [4.69, 9.17) is 4.74 Å². The molecular weight excluding hydrogens is 396 g/mol. The summed E-state index contributed by atoms with van der Waals surface area (Å²) < 4.78 is 5.14. The van der Waals surface area contributed by atoms with E-state index in [1.807, 2.05) is 66.7 Å². The zero-order chi connectivity index (χ0) is 20.9. The van der Waals surface area contributed by atoms with Crippen molar-refractivity contribution in [3.63, 3.8) is 0 Å². The van der Waals surface area contributed by atoms with E-state index in [1.54, 1.807) is 19.2 Å². The fourth-order valence-corrected chi connectivity index (χ4v) is 3.96. The van der Waals surface area contributed by atoms with Crippen LogP contribution in [-0.4, -0.2) is 18.9 Å². The summed E-state index contributed by atoms with van der Waals surface area (Å²) in [5.74, 6) is 0.506. The van der Waals surface area contributed by atoms with Crippen LogP contribution < -0.4 is 15.4 Å². The van der Waals surface area contributed by atoms with E-state index in [-0.39, 0.29) is 11.8 Å². The van der Waals surface area contributed by atoms with Gasteiger partial charge in [-0.2, -0.15) is 0 Å². The molecule has 0 aromatic heterocycles. The third-order valence-electron chi connectivity index (χ3n) is 4.66. The SMILES string of the molecule is COc1ccc(CNC(=O)c2ccc(C=C3Sc4ccccc4NC3=O)cc2)cc1. The van der Waals surface area contributed by atoms with Crippen molar-refractivity contribution < 1.29 is 14.3 Å². The first-order valence-electron chi connectivity index (χ1n) is 9.43. The molecule has 2 N–H and O–H groups in total. The summed E-state index contributed by atoms with van der Waals surface area (Å²) in [6.07, 6.45) is 1.83. The van der Waals surface area contributed by atoms with E-state index in [2.05, 4.69) is 10.6 Å². The smallest absolute Gasteiger partial charge is 0.262 e. The van der Waals surface area contributed by atoms with Crippen LogP contribution in [-0.2, 0) is 11.3 Å². The highest BCUT2D eigenvalue weighted by molar-refractivity contribution is 8.04. The van der Waals surface area contributed by atoms with Crippen LogP contribution in [0.5, 0.6) is 5.75 Å². The van der Waals surface area contributed by atoms with Gasteiger partial charge in [-0.05, 0) is 53.6 Å². The summed E-state index contributed by atoms with van der Waals surface area (Å²) >= 11 is 1.44. The summed E-state index contributed by atoms with van der Waals surface area (Å²) in [5.41, 5.74) is 3.25. The number of nitrogens with one attached hydrogen (secondary N) is 2. The first-order valence-corrected chi connectivity index (χ1v) is 10.2. The zero-order valence-electron chi connectivity index (χ0n) is 16.3. The van der Waals surface area contributed by atoms with Gasteiger partial charge in [-0.15, -0.1) is 0 Å². The standard InChI is InChI=1S/C24H20N2O3S/c1-29-19-12-8-17(9-13-19)15-25-23(27)18-10-6-16(7-11-18)14-22-24(28)26-20-4-2-3-5-21(20)30-22/h2-14H,15H2,1H3,(H,25,27)(H,26,28). The molecule has 1 heterocycles. The summed E-state index contributed by atoms with van der Waals surface area (Å²) in [4.78, 5) is 26.4. The van der Waals surface area contributed by atoms with Gasteiger partial charge < -0.3 is 15.4 Å². The number of amides is 2. The molecule has 2 amide bonds. The Kier molecular flexibility index (Phi) is 5.86. The molecule has 0 saturated carbocycles. The third kappa shape index (κ3) is 4.55. The van der Waals surface area contributed by atoms with Gasteiger partial charge in [0, 0.05) is 17.0 Å². The molecule has 0 aliphatic carbocycles. The second kappa shape index (κ2) is 8.88. The molecule has 3 aromatic carbocycles. The molecule has 1 aliphatic heterocycles. The van der Waals surface area contributed by atoms with E-state index < -0.39 is 0 Å². The van der Waals surface area contributed by atoms with Crippen LogP contribution in [0.4, 0.5) is 5.69 Å². The summed E-state index contributed by atoms with van der Waals surface area (Å²) in [7, 11) is 1.62. The molecule has 6 heteroatoms. The van der Waals surface area contributed by atoms with Gasteiger partial charge in [-0.1, -0.05) is 48.2 Å². The highest BCUT2D eigenvalue weighted by Gasteiger charge is 2.20. The molecule has 30 heavy (non-hydrogen) atoms. The number of hydrogen-bond donors (Lipinski definition) is 2. The quantitative estimate of drug-likeness (QED) is 0.591. The Morgan fingerprint density at radius 2 is 1.77 bits per heavy atom. The normalized spacial score (nSPS) is 14.0. The van der Waals surface area contributed by atoms with Crippen molar-refractivity contribution in [3.8, 4) is 5.75 Å². The lowest BCUT2D eigenvalue weighted by Crippen LogP contribution is -2.22. The van der Waals surface area contributed by atoms with Gasteiger partial charge in [0.05, 0.1) is 17.7 Å². The van der Waals surface area contributed by atoms with Crippen LogP contribution in [0, 0.1) is 0 Å². The van der Waals surface area contributed by atoms with Gasteiger partial charge in [-0.25, -0.2) is 0 Å². The molecular formula is C24H20N2O3S. The number of ether oxygens (including phenoxy) is 1. The van der Waals surface area contributed by atoms with Gasteiger partial charge in [-0.3, -0.25) is 9.59 Å². The predicted octanol–water partition coefficient (Wildman–Crippen LogP) is 4.71. The molecule has 0 radical (unpaired) electrons. The highest BCUT2D eigenvalue weighted by Crippen LogP contribution is 2.38. The van der Waals surface area contributed by atoms with Gasteiger partial charge >= 0.3 is 0 Å². The zero-order valence-corrected chi connectivity index (χ0v) is 17.2. The molecule has 4 rings (SSSR count). The van der Waals surface area contributed by atoms with Crippen molar-refractivity contribution in [2.45, 2.75) is 11.4 Å². The predicted molar refractivity (Wildman–Crippen MR) is 120 cm³/mol. The molecule has 0 spiro atoms. The minimum atomic E-state index is -0.149. The number of fused-ring (bicyclic) bond motifs is 1. The minimum absolute atomic E-state index is 0.125. The van der Waals surface area contributed by atoms with Crippen molar-refractivity contribution >= 4 is 35.3 Å². The molecule has 0 atom stereocenters. The number of para-hydroxylation sites is 1. The molecule has 0 bridgehead atoms. The summed E-state index contributed by atoms with van der Waals surface area (Å²) in [6.45, 7) is 0.435. The minimum Gasteiger partial charge on any atom is -0.497 e. The maximum atomic E-state index is 12.4. The number of thioether (sulfide) groups is 1. The van der Waals surface area contributed by atoms with Crippen LogP contribution in [0.25, 0.3) is 6.08 Å². The van der Waals surface area contributed by atoms with Crippen molar-refractivity contribution in [1.29, 1.82) is 0 Å². The third-order valence-corrected chi connectivity index (χ3v) is 5.76. The first kappa shape index (κ1) is 19.8. The lowest BCUT2D eigenvalue weighted by atomic mass is 10.1. The summed E-state index contributed by atoms with van der Waals surface area (Å²) in [6, 6.07) is 22.5. The van der Waals surface area contributed by atoms with E-state index in [0.29, 0.717) is 17.0 Å². The van der Waals surface area contributed by atoms with Gasteiger partial charge in [0.1, 0.15) is 5.75 Å². The van der Waals surface area contributed by atoms with Crippen molar-refractivity contribution in [1.82, 2.24) is 5.32 Å². The van der Waals surface area contributed by atoms with Crippen LogP contribution in [0.2, 0.25) is 0 Å². The maximum absolute atomic E-state index is 12.4. The maximum Gasteiger partial charge on any atom is 0.262 e. The van der Waals surface area contributed by atoms with E-state index >= 15 is 0 Å². The molecule has 0 unspecified atom stereocenters. The van der Waals surface area contributed by atoms with Crippen molar-refractivity contribution in [3.05, 3.63) is 94.4 Å². The topological polar surface area (TPSA) is 67.4 Å². The highest BCUT2D eigenvalue weighted by atomic mass is 32.2. The van der Waals surface area contributed by atoms with E-state index in [1.165, 1.54) is 11.8 Å². The lowest BCUT2D eigenvalue weighted by molar-refractivity contribution is -0.112. The number of anilines is 1. The Labute approximate surface area is 179 Å². The summed E-state index contributed by atoms with van der Waals surface area (Å²) in [5, 5.41) is 5.81. The Morgan fingerprint density at radius 3 is 2.50 bits per heavy atom. The molecule has 3 aromatic rings. The molecule has 0 fully saturated rings. The van der Waals surface area contributed by atoms with Gasteiger partial charge in [0.25, 0.3) is 11.8 Å². The Hall–Kier alpha value is -3.51. The Morgan fingerprint density at radius 1 is 1.03 bits per heavy atom. The van der Waals surface area contributed by atoms with Crippen molar-refractivity contribution in [2.24, 2.45) is 0 Å². The molecule has 150 valence electrons. The second-order valence-electron chi connectivity index (χ2n) is 6.71. The number of carbonyl (C=O) groups excluding carboxylic acids is 2. The van der Waals surface area contributed by atoms with E-state index in [0.717, 1.165) is 27.5 Å². The fraction of sp³-hybridized carbons (Fsp3) is 0.0833. The molecule has 5 nitrogen and oxygen atoms in total. The number of rotatable bonds is 5. The van der Waals surface area contributed by atoms with Gasteiger partial charge in [0.15, 0.2) is 0 Å². The Balaban J connectivity index is 1.40. The molecule has 0 saturated heterocycles. The monoisotopic (exact) mass is 416 g/mol. The number of methoxy groups -OCH3 is 1. The largest absolute Gasteiger partial charge is 0.497 e. The average Bonchev–Trinajstić information content (AvgIpc) is 2.79. The van der Waals surface area contributed by atoms with E-state index in [9.17, 15) is 9.59 Å². The fourth-order valence-electron chi connectivity index (χ4n) is 3.01. The van der Waals surface area contributed by atoms with Crippen molar-refractivity contribution in [2.75, 3.05) is 12.4 Å². The van der Waals surface area contributed by atoms with Crippen LogP contribution in [0.3, 0.4) is 0 Å². The first-order chi connectivity index (χ1) is 14.6. The number of carbonyl (C=O) groups is 2. The lowest BCUT2D eigenvalue weighted by Gasteiger charge is -2.18. The molecule has 1 aliphatic rings. The van der Waals surface area contributed by atoms with Crippen LogP contribution in [0.15, 0.2) is 82.6 Å².